The van der Waals surface area contributed by atoms with Gasteiger partial charge in [-0.15, -0.1) is 0 Å². The van der Waals surface area contributed by atoms with Crippen molar-refractivity contribution < 1.29 is 4.79 Å². The molecule has 3 heteroatoms. The smallest absolute Gasteiger partial charge is 0.217 e. The van der Waals surface area contributed by atoms with Gasteiger partial charge in [-0.3, -0.25) is 4.79 Å². The van der Waals surface area contributed by atoms with Gasteiger partial charge in [0.05, 0.1) is 6.07 Å². The molecule has 0 radical (unpaired) electrons. The maximum atomic E-state index is 10.2. The van der Waals surface area contributed by atoms with Crippen LogP contribution in [0.5, 0.6) is 0 Å². The van der Waals surface area contributed by atoms with E-state index in [9.17, 15) is 4.79 Å². The standard InChI is InChI=1S/C7H12N2O/c1-6(4-5-8)2-3-7(9)10/h6H,2-4H2,1H3,(H2,9,10). The summed E-state index contributed by atoms with van der Waals surface area (Å²) in [5, 5.41) is 8.24. The summed E-state index contributed by atoms with van der Waals surface area (Å²) in [7, 11) is 0. The van der Waals surface area contributed by atoms with Crippen LogP contribution < -0.4 is 5.73 Å². The summed E-state index contributed by atoms with van der Waals surface area (Å²) in [5.41, 5.74) is 4.92. The third-order valence-electron chi connectivity index (χ3n) is 1.32. The summed E-state index contributed by atoms with van der Waals surface area (Å²) in [6.07, 6.45) is 1.62. The first-order valence-corrected chi connectivity index (χ1v) is 3.32. The molecule has 56 valence electrons. The molecule has 0 aliphatic carbocycles. The molecule has 1 atom stereocenters. The Bertz CT molecular complexity index is 148. The first kappa shape index (κ1) is 8.96. The maximum Gasteiger partial charge on any atom is 0.217 e. The number of primary amides is 1. The van der Waals surface area contributed by atoms with Crippen LogP contribution in [0, 0.1) is 17.2 Å². The van der Waals surface area contributed by atoms with E-state index in [0.29, 0.717) is 12.8 Å². The summed E-state index contributed by atoms with van der Waals surface area (Å²) in [5.74, 6) is 0.00212. The van der Waals surface area contributed by atoms with Gasteiger partial charge in [0.25, 0.3) is 0 Å². The SMILES string of the molecule is CC(CC#N)CCC(N)=O. The lowest BCUT2D eigenvalue weighted by atomic mass is 10.0. The lowest BCUT2D eigenvalue weighted by Gasteiger charge is -2.02. The highest BCUT2D eigenvalue weighted by Crippen LogP contribution is 2.07. The molecule has 1 amide bonds. The van der Waals surface area contributed by atoms with E-state index in [2.05, 4.69) is 0 Å². The van der Waals surface area contributed by atoms with Gasteiger partial charge in [0.15, 0.2) is 0 Å². The Kier molecular flexibility index (Phi) is 4.30. The normalized spacial score (nSPS) is 12.0. The van der Waals surface area contributed by atoms with Gasteiger partial charge in [-0.1, -0.05) is 6.92 Å². The fourth-order valence-corrected chi connectivity index (χ4v) is 0.647. The van der Waals surface area contributed by atoms with E-state index in [0.717, 1.165) is 6.42 Å². The van der Waals surface area contributed by atoms with Crippen molar-refractivity contribution in [3.8, 4) is 6.07 Å². The molecule has 0 aliphatic rings. The van der Waals surface area contributed by atoms with Crippen molar-refractivity contribution in [1.29, 1.82) is 5.26 Å². The fraction of sp³-hybridized carbons (Fsp3) is 0.714. The first-order chi connectivity index (χ1) is 4.66. The highest BCUT2D eigenvalue weighted by Gasteiger charge is 2.02. The number of amides is 1. The molecule has 0 bridgehead atoms. The van der Waals surface area contributed by atoms with Crippen LogP contribution in [0.4, 0.5) is 0 Å². The summed E-state index contributed by atoms with van der Waals surface area (Å²) >= 11 is 0. The van der Waals surface area contributed by atoms with Crippen molar-refractivity contribution in [3.63, 3.8) is 0 Å². The van der Waals surface area contributed by atoms with Crippen LogP contribution in [0.25, 0.3) is 0 Å². The minimum Gasteiger partial charge on any atom is -0.370 e. The van der Waals surface area contributed by atoms with Crippen molar-refractivity contribution in [2.24, 2.45) is 11.7 Å². The van der Waals surface area contributed by atoms with Crippen LogP contribution in [-0.2, 0) is 4.79 Å². The Morgan fingerprint density at radius 3 is 2.80 bits per heavy atom. The zero-order valence-electron chi connectivity index (χ0n) is 6.13. The predicted molar refractivity (Wildman–Crippen MR) is 37.8 cm³/mol. The Morgan fingerprint density at radius 2 is 2.40 bits per heavy atom. The molecule has 1 unspecified atom stereocenters. The maximum absolute atomic E-state index is 10.2. The topological polar surface area (TPSA) is 66.9 Å². The zero-order valence-corrected chi connectivity index (χ0v) is 6.13. The van der Waals surface area contributed by atoms with Crippen molar-refractivity contribution in [2.45, 2.75) is 26.2 Å². The molecule has 0 spiro atoms. The summed E-state index contributed by atoms with van der Waals surface area (Å²) in [6.45, 7) is 1.94. The lowest BCUT2D eigenvalue weighted by Crippen LogP contribution is -2.11. The fourth-order valence-electron chi connectivity index (χ4n) is 0.647. The number of carbonyl (C=O) groups excluding carboxylic acids is 1. The van der Waals surface area contributed by atoms with E-state index in [1.165, 1.54) is 0 Å². The second-order valence-corrected chi connectivity index (χ2v) is 2.47. The monoisotopic (exact) mass is 140 g/mol. The van der Waals surface area contributed by atoms with E-state index >= 15 is 0 Å². The first-order valence-electron chi connectivity index (χ1n) is 3.32. The number of nitrogens with zero attached hydrogens (tertiary/aromatic N) is 1. The number of nitriles is 1. The molecule has 0 aromatic rings. The van der Waals surface area contributed by atoms with E-state index < -0.39 is 0 Å². The quantitative estimate of drug-likeness (QED) is 0.627. The number of nitrogens with two attached hydrogens (primary N) is 1. The molecule has 0 aliphatic heterocycles. The van der Waals surface area contributed by atoms with Crippen molar-refractivity contribution in [3.05, 3.63) is 0 Å². The molecule has 0 aromatic heterocycles. The molecule has 3 nitrogen and oxygen atoms in total. The molecule has 0 aromatic carbocycles. The largest absolute Gasteiger partial charge is 0.370 e. The van der Waals surface area contributed by atoms with E-state index in [1.807, 2.05) is 13.0 Å². The van der Waals surface area contributed by atoms with Gasteiger partial charge in [0.1, 0.15) is 0 Å². The lowest BCUT2D eigenvalue weighted by molar-refractivity contribution is -0.118. The summed E-state index contributed by atoms with van der Waals surface area (Å²) in [6, 6.07) is 2.04. The predicted octanol–water partition coefficient (Wildman–Crippen LogP) is 0.802. The van der Waals surface area contributed by atoms with Crippen molar-refractivity contribution in [1.82, 2.24) is 0 Å². The molecule has 0 saturated heterocycles. The van der Waals surface area contributed by atoms with Crippen LogP contribution in [0.1, 0.15) is 26.2 Å². The molecular weight excluding hydrogens is 128 g/mol. The Morgan fingerprint density at radius 1 is 1.80 bits per heavy atom. The van der Waals surface area contributed by atoms with Crippen LogP contribution in [0.2, 0.25) is 0 Å². The number of hydrogen-bond donors (Lipinski definition) is 1. The second kappa shape index (κ2) is 4.80. The molecular formula is C7H12N2O. The number of hydrogen-bond acceptors (Lipinski definition) is 2. The van der Waals surface area contributed by atoms with Crippen molar-refractivity contribution in [2.75, 3.05) is 0 Å². The average Bonchev–Trinajstić information content (AvgIpc) is 1.85. The third-order valence-corrected chi connectivity index (χ3v) is 1.32. The second-order valence-electron chi connectivity index (χ2n) is 2.47. The van der Waals surface area contributed by atoms with Gasteiger partial charge in [0, 0.05) is 12.8 Å². The Hall–Kier alpha value is -1.04. The van der Waals surface area contributed by atoms with Crippen LogP contribution in [0.3, 0.4) is 0 Å². The highest BCUT2D eigenvalue weighted by atomic mass is 16.1. The Labute approximate surface area is 60.8 Å². The van der Waals surface area contributed by atoms with Gasteiger partial charge in [-0.25, -0.2) is 0 Å². The molecule has 2 N–H and O–H groups in total. The molecule has 10 heavy (non-hydrogen) atoms. The average molecular weight is 140 g/mol. The van der Waals surface area contributed by atoms with Gasteiger partial charge >= 0.3 is 0 Å². The van der Waals surface area contributed by atoms with Crippen molar-refractivity contribution >= 4 is 5.91 Å². The zero-order chi connectivity index (χ0) is 7.98. The summed E-state index contributed by atoms with van der Waals surface area (Å²) < 4.78 is 0. The van der Waals surface area contributed by atoms with Crippen LogP contribution in [0.15, 0.2) is 0 Å². The highest BCUT2D eigenvalue weighted by molar-refractivity contribution is 5.73. The van der Waals surface area contributed by atoms with Gasteiger partial charge in [-0.2, -0.15) is 5.26 Å². The van der Waals surface area contributed by atoms with Crippen LogP contribution >= 0.6 is 0 Å². The van der Waals surface area contributed by atoms with Gasteiger partial charge < -0.3 is 5.73 Å². The van der Waals surface area contributed by atoms with Gasteiger partial charge in [-0.05, 0) is 12.3 Å². The van der Waals surface area contributed by atoms with E-state index in [4.69, 9.17) is 11.0 Å². The Balaban J connectivity index is 3.32. The number of rotatable bonds is 4. The van der Waals surface area contributed by atoms with E-state index in [1.54, 1.807) is 0 Å². The summed E-state index contributed by atoms with van der Waals surface area (Å²) in [4.78, 5) is 10.2. The van der Waals surface area contributed by atoms with E-state index in [-0.39, 0.29) is 11.8 Å². The third kappa shape index (κ3) is 5.10. The van der Waals surface area contributed by atoms with Gasteiger partial charge in [0.2, 0.25) is 5.91 Å². The molecule has 0 fully saturated rings. The molecule has 0 heterocycles. The minimum absolute atomic E-state index is 0.287. The molecule has 0 rings (SSSR count). The minimum atomic E-state index is -0.287. The van der Waals surface area contributed by atoms with Crippen LogP contribution in [-0.4, -0.2) is 5.91 Å². The molecule has 0 saturated carbocycles. The number of carbonyl (C=O) groups is 1.